The molecule has 2 amide bonds. The number of benzene rings is 2. The number of hydrogen-bond donors (Lipinski definition) is 2. The Hall–Kier alpha value is -2.03. The monoisotopic (exact) mass is 490 g/mol. The highest BCUT2D eigenvalue weighted by molar-refractivity contribution is 7.98. The second kappa shape index (κ2) is 12.1. The fourth-order valence-corrected chi connectivity index (χ4v) is 3.74. The van der Waals surface area contributed by atoms with Crippen LogP contribution < -0.4 is 15.4 Å². The summed E-state index contributed by atoms with van der Waals surface area (Å²) in [6, 6.07) is 9.25. The van der Waals surface area contributed by atoms with Crippen LogP contribution in [0.2, 0.25) is 10.0 Å². The van der Waals surface area contributed by atoms with Crippen LogP contribution in [0.3, 0.4) is 0 Å². The smallest absolute Gasteiger partial charge is 0.387 e. The summed E-state index contributed by atoms with van der Waals surface area (Å²) in [5.41, 5.74) is 0.792. The summed E-state index contributed by atoms with van der Waals surface area (Å²) in [6.07, 6.45) is 2.29. The lowest BCUT2D eigenvalue weighted by atomic mass is 10.1. The van der Waals surface area contributed by atoms with Crippen LogP contribution in [0.15, 0.2) is 42.5 Å². The van der Waals surface area contributed by atoms with Gasteiger partial charge in [-0.15, -0.1) is 0 Å². The summed E-state index contributed by atoms with van der Waals surface area (Å²) >= 11 is 13.5. The number of rotatable bonds is 10. The lowest BCUT2D eigenvalue weighted by molar-refractivity contribution is -0.123. The molecule has 2 aromatic rings. The van der Waals surface area contributed by atoms with E-state index in [0.717, 1.165) is 0 Å². The van der Waals surface area contributed by atoms with Crippen molar-refractivity contribution in [3.63, 3.8) is 0 Å². The highest BCUT2D eigenvalue weighted by atomic mass is 35.5. The molecule has 0 aliphatic heterocycles. The van der Waals surface area contributed by atoms with E-state index in [1.807, 2.05) is 6.26 Å². The maximum atomic E-state index is 12.9. The fraction of sp³-hybridized carbons (Fsp3) is 0.333. The number of thioether (sulfide) groups is 1. The minimum Gasteiger partial charge on any atom is -0.435 e. The Morgan fingerprint density at radius 1 is 1.13 bits per heavy atom. The highest BCUT2D eigenvalue weighted by Gasteiger charge is 2.24. The first-order chi connectivity index (χ1) is 14.7. The largest absolute Gasteiger partial charge is 0.435 e. The van der Waals surface area contributed by atoms with Gasteiger partial charge in [-0.3, -0.25) is 9.59 Å². The van der Waals surface area contributed by atoms with Gasteiger partial charge in [-0.05, 0) is 61.2 Å². The second-order valence-corrected chi connectivity index (χ2v) is 8.44. The van der Waals surface area contributed by atoms with E-state index in [1.165, 1.54) is 42.1 Å². The van der Waals surface area contributed by atoms with E-state index < -0.39 is 30.5 Å². The van der Waals surface area contributed by atoms with Gasteiger partial charge < -0.3 is 15.4 Å². The molecule has 0 saturated heterocycles. The van der Waals surface area contributed by atoms with Crippen LogP contribution in [-0.2, 0) is 4.79 Å². The molecule has 0 fully saturated rings. The molecule has 2 rings (SSSR count). The van der Waals surface area contributed by atoms with E-state index >= 15 is 0 Å². The summed E-state index contributed by atoms with van der Waals surface area (Å²) in [6.45, 7) is -1.23. The van der Waals surface area contributed by atoms with Crippen molar-refractivity contribution >= 4 is 46.8 Å². The molecule has 0 radical (unpaired) electrons. The number of carbonyl (C=O) groups excluding carboxylic acids is 2. The molecule has 2 aromatic carbocycles. The Kier molecular flexibility index (Phi) is 9.87. The fourth-order valence-electron chi connectivity index (χ4n) is 2.77. The number of hydrogen-bond acceptors (Lipinski definition) is 4. The molecule has 0 aromatic heterocycles. The molecule has 0 spiro atoms. The molecular formula is C21H22Cl2F2N2O3S. The van der Waals surface area contributed by atoms with E-state index in [2.05, 4.69) is 15.4 Å². The van der Waals surface area contributed by atoms with Crippen molar-refractivity contribution in [1.82, 2.24) is 10.6 Å². The quantitative estimate of drug-likeness (QED) is 0.472. The van der Waals surface area contributed by atoms with Gasteiger partial charge in [-0.2, -0.15) is 20.5 Å². The molecule has 168 valence electrons. The minimum absolute atomic E-state index is 0.00165. The number of ether oxygens (including phenoxy) is 1. The van der Waals surface area contributed by atoms with E-state index in [4.69, 9.17) is 23.2 Å². The van der Waals surface area contributed by atoms with Crippen LogP contribution in [0, 0.1) is 0 Å². The predicted molar refractivity (Wildman–Crippen MR) is 120 cm³/mol. The molecule has 0 saturated carbocycles. The predicted octanol–water partition coefficient (Wildman–Crippen LogP) is 5.32. The Bertz CT molecular complexity index is 918. The van der Waals surface area contributed by atoms with Crippen LogP contribution in [-0.4, -0.2) is 36.5 Å². The normalized spacial score (nSPS) is 12.9. The van der Waals surface area contributed by atoms with E-state index in [9.17, 15) is 18.4 Å². The number of halogens is 4. The SMILES string of the molecule is CSCCC(NC(=O)c1ccc(Cl)cc1Cl)C(=O)NC(C)c1cccc(OC(F)F)c1. The Balaban J connectivity index is 2.10. The van der Waals surface area contributed by atoms with Crippen molar-refractivity contribution in [2.24, 2.45) is 0 Å². The second-order valence-electron chi connectivity index (χ2n) is 6.61. The molecule has 0 bridgehead atoms. The van der Waals surface area contributed by atoms with Crippen molar-refractivity contribution < 1.29 is 23.1 Å². The van der Waals surface area contributed by atoms with Crippen LogP contribution in [0.4, 0.5) is 8.78 Å². The lowest BCUT2D eigenvalue weighted by Crippen LogP contribution is -2.47. The van der Waals surface area contributed by atoms with Gasteiger partial charge in [0.15, 0.2) is 0 Å². The first-order valence-corrected chi connectivity index (χ1v) is 11.5. The zero-order chi connectivity index (χ0) is 23.0. The zero-order valence-electron chi connectivity index (χ0n) is 16.8. The molecule has 5 nitrogen and oxygen atoms in total. The summed E-state index contributed by atoms with van der Waals surface area (Å²) in [7, 11) is 0. The van der Waals surface area contributed by atoms with Crippen molar-refractivity contribution in [2.45, 2.75) is 32.0 Å². The molecule has 0 heterocycles. The highest BCUT2D eigenvalue weighted by Crippen LogP contribution is 2.22. The van der Waals surface area contributed by atoms with Gasteiger partial charge in [-0.25, -0.2) is 0 Å². The average molecular weight is 491 g/mol. The average Bonchev–Trinajstić information content (AvgIpc) is 2.70. The van der Waals surface area contributed by atoms with Gasteiger partial charge in [0.1, 0.15) is 11.8 Å². The molecular weight excluding hydrogens is 469 g/mol. The van der Waals surface area contributed by atoms with Crippen molar-refractivity contribution in [3.8, 4) is 5.75 Å². The van der Waals surface area contributed by atoms with Crippen LogP contribution >= 0.6 is 35.0 Å². The number of nitrogens with one attached hydrogen (secondary N) is 2. The number of alkyl halides is 2. The van der Waals surface area contributed by atoms with Gasteiger partial charge in [0, 0.05) is 5.02 Å². The molecule has 0 aliphatic rings. The van der Waals surface area contributed by atoms with Gasteiger partial charge in [-0.1, -0.05) is 35.3 Å². The van der Waals surface area contributed by atoms with Crippen molar-refractivity contribution in [1.29, 1.82) is 0 Å². The third-order valence-electron chi connectivity index (χ3n) is 4.35. The van der Waals surface area contributed by atoms with Crippen LogP contribution in [0.5, 0.6) is 5.75 Å². The van der Waals surface area contributed by atoms with Crippen molar-refractivity contribution in [2.75, 3.05) is 12.0 Å². The van der Waals surface area contributed by atoms with E-state index in [-0.39, 0.29) is 16.3 Å². The van der Waals surface area contributed by atoms with E-state index in [0.29, 0.717) is 22.8 Å². The molecule has 2 N–H and O–H groups in total. The first-order valence-electron chi connectivity index (χ1n) is 9.31. The van der Waals surface area contributed by atoms with Gasteiger partial charge in [0.05, 0.1) is 16.6 Å². The molecule has 0 aliphatic carbocycles. The van der Waals surface area contributed by atoms with Crippen molar-refractivity contribution in [3.05, 3.63) is 63.6 Å². The van der Waals surface area contributed by atoms with Crippen LogP contribution in [0.25, 0.3) is 0 Å². The zero-order valence-corrected chi connectivity index (χ0v) is 19.2. The van der Waals surface area contributed by atoms with E-state index in [1.54, 1.807) is 19.1 Å². The van der Waals surface area contributed by atoms with Gasteiger partial charge in [0.25, 0.3) is 5.91 Å². The first kappa shape index (κ1) is 25.2. The summed E-state index contributed by atoms with van der Waals surface area (Å²) < 4.78 is 29.3. The topological polar surface area (TPSA) is 67.4 Å². The Labute approximate surface area is 193 Å². The van der Waals surface area contributed by atoms with Gasteiger partial charge >= 0.3 is 6.61 Å². The van der Waals surface area contributed by atoms with Gasteiger partial charge in [0.2, 0.25) is 5.91 Å². The summed E-state index contributed by atoms with van der Waals surface area (Å²) in [5.74, 6) is -0.264. The van der Waals surface area contributed by atoms with Crippen LogP contribution in [0.1, 0.15) is 35.3 Å². The molecule has 10 heteroatoms. The maximum absolute atomic E-state index is 12.9. The third-order valence-corrected chi connectivity index (χ3v) is 5.54. The minimum atomic E-state index is -2.94. The maximum Gasteiger partial charge on any atom is 0.387 e. The Morgan fingerprint density at radius 2 is 1.87 bits per heavy atom. The number of amides is 2. The summed E-state index contributed by atoms with van der Waals surface area (Å²) in [5, 5.41) is 6.09. The molecule has 31 heavy (non-hydrogen) atoms. The number of carbonyl (C=O) groups is 2. The standard InChI is InChI=1S/C21H22Cl2F2N2O3S/c1-12(13-4-3-5-15(10-13)30-21(24)25)26-20(29)18(8-9-31-2)27-19(28)16-7-6-14(22)11-17(16)23/h3-7,10-12,18,21H,8-9H2,1-2H3,(H,26,29)(H,27,28). The molecule has 2 unspecified atom stereocenters. The lowest BCUT2D eigenvalue weighted by Gasteiger charge is -2.22. The Morgan fingerprint density at radius 3 is 2.52 bits per heavy atom. The third kappa shape index (κ3) is 7.87. The molecule has 2 atom stereocenters. The summed E-state index contributed by atoms with van der Waals surface area (Å²) in [4.78, 5) is 25.5.